The van der Waals surface area contributed by atoms with Gasteiger partial charge in [-0.3, -0.25) is 0 Å². The van der Waals surface area contributed by atoms with Crippen molar-refractivity contribution in [3.8, 4) is 5.75 Å². The van der Waals surface area contributed by atoms with Crippen LogP contribution >= 0.6 is 0 Å². The van der Waals surface area contributed by atoms with Gasteiger partial charge in [0.2, 0.25) is 0 Å². The van der Waals surface area contributed by atoms with Crippen LogP contribution in [-0.2, 0) is 0 Å². The van der Waals surface area contributed by atoms with E-state index in [1.54, 1.807) is 0 Å². The second kappa shape index (κ2) is 6.92. The first kappa shape index (κ1) is 14.4. The maximum absolute atomic E-state index is 9.94. The van der Waals surface area contributed by atoms with E-state index in [4.69, 9.17) is 4.74 Å². The average molecular weight is 263 g/mol. The maximum Gasteiger partial charge on any atom is 0.122 e. The molecule has 2 rings (SSSR count). The van der Waals surface area contributed by atoms with Crippen LogP contribution in [0.2, 0.25) is 0 Å². The highest BCUT2D eigenvalue weighted by Crippen LogP contribution is 2.24. The lowest BCUT2D eigenvalue weighted by Gasteiger charge is -2.17. The Labute approximate surface area is 116 Å². The number of aliphatic hydroxyl groups is 1. The van der Waals surface area contributed by atoms with E-state index >= 15 is 0 Å². The summed E-state index contributed by atoms with van der Waals surface area (Å²) in [4.78, 5) is 0. The van der Waals surface area contributed by atoms with E-state index in [9.17, 15) is 5.11 Å². The van der Waals surface area contributed by atoms with E-state index in [1.807, 2.05) is 31.2 Å². The Morgan fingerprint density at radius 3 is 2.84 bits per heavy atom. The SMILES string of the molecule is Cc1ccccc1OCC(O)CNC1CCC(C)C1. The molecular weight excluding hydrogens is 238 g/mol. The molecule has 3 unspecified atom stereocenters. The van der Waals surface area contributed by atoms with Crippen molar-refractivity contribution in [2.24, 2.45) is 5.92 Å². The predicted octanol–water partition coefficient (Wildman–Crippen LogP) is 2.51. The standard InChI is InChI=1S/C16H25NO2/c1-12-7-8-14(9-12)17-10-15(18)11-19-16-6-4-3-5-13(16)2/h3-6,12,14-15,17-18H,7-11H2,1-2H3. The lowest BCUT2D eigenvalue weighted by molar-refractivity contribution is 0.103. The van der Waals surface area contributed by atoms with Crippen molar-refractivity contribution >= 4 is 0 Å². The Bertz CT molecular complexity index is 394. The molecule has 0 heterocycles. The monoisotopic (exact) mass is 263 g/mol. The first-order chi connectivity index (χ1) is 9.15. The minimum Gasteiger partial charge on any atom is -0.491 e. The molecule has 0 aliphatic heterocycles. The Kier molecular flexibility index (Phi) is 5.23. The molecule has 3 atom stereocenters. The summed E-state index contributed by atoms with van der Waals surface area (Å²) < 4.78 is 5.64. The summed E-state index contributed by atoms with van der Waals surface area (Å²) in [5.41, 5.74) is 1.10. The predicted molar refractivity (Wildman–Crippen MR) is 77.5 cm³/mol. The van der Waals surface area contributed by atoms with Crippen LogP contribution in [0.25, 0.3) is 0 Å². The van der Waals surface area contributed by atoms with Gasteiger partial charge in [0, 0.05) is 12.6 Å². The number of aliphatic hydroxyl groups excluding tert-OH is 1. The molecule has 0 saturated heterocycles. The second-order valence-corrected chi connectivity index (χ2v) is 5.75. The van der Waals surface area contributed by atoms with Crippen molar-refractivity contribution in [1.82, 2.24) is 5.32 Å². The van der Waals surface area contributed by atoms with Crippen LogP contribution in [0.15, 0.2) is 24.3 Å². The minimum atomic E-state index is -0.449. The van der Waals surface area contributed by atoms with Crippen LogP contribution in [-0.4, -0.2) is 30.4 Å². The molecule has 1 aromatic carbocycles. The highest BCUT2D eigenvalue weighted by atomic mass is 16.5. The number of aryl methyl sites for hydroxylation is 1. The largest absolute Gasteiger partial charge is 0.491 e. The Hall–Kier alpha value is -1.06. The maximum atomic E-state index is 9.94. The van der Waals surface area contributed by atoms with Crippen molar-refractivity contribution in [3.63, 3.8) is 0 Å². The molecular formula is C16H25NO2. The van der Waals surface area contributed by atoms with E-state index in [1.165, 1.54) is 19.3 Å². The van der Waals surface area contributed by atoms with Gasteiger partial charge in [-0.2, -0.15) is 0 Å². The van der Waals surface area contributed by atoms with Gasteiger partial charge in [-0.05, 0) is 43.7 Å². The van der Waals surface area contributed by atoms with Gasteiger partial charge in [-0.15, -0.1) is 0 Å². The van der Waals surface area contributed by atoms with Gasteiger partial charge in [0.15, 0.2) is 0 Å². The van der Waals surface area contributed by atoms with Crippen molar-refractivity contribution in [2.45, 2.75) is 45.3 Å². The van der Waals surface area contributed by atoms with E-state index in [2.05, 4.69) is 12.2 Å². The summed E-state index contributed by atoms with van der Waals surface area (Å²) in [6.07, 6.45) is 3.31. The lowest BCUT2D eigenvalue weighted by atomic mass is 10.1. The number of rotatable bonds is 6. The first-order valence-corrected chi connectivity index (χ1v) is 7.25. The molecule has 0 amide bonds. The number of ether oxygens (including phenoxy) is 1. The van der Waals surface area contributed by atoms with Crippen LogP contribution in [0.5, 0.6) is 5.75 Å². The summed E-state index contributed by atoms with van der Waals surface area (Å²) >= 11 is 0. The summed E-state index contributed by atoms with van der Waals surface area (Å²) in [6.45, 7) is 5.27. The fraction of sp³-hybridized carbons (Fsp3) is 0.625. The number of benzene rings is 1. The van der Waals surface area contributed by atoms with Gasteiger partial charge in [0.25, 0.3) is 0 Å². The van der Waals surface area contributed by atoms with Crippen LogP contribution in [0.3, 0.4) is 0 Å². The fourth-order valence-electron chi connectivity index (χ4n) is 2.66. The molecule has 106 valence electrons. The van der Waals surface area contributed by atoms with Gasteiger partial charge in [-0.1, -0.05) is 25.1 Å². The quantitative estimate of drug-likeness (QED) is 0.828. The van der Waals surface area contributed by atoms with Crippen LogP contribution in [0, 0.1) is 12.8 Å². The number of nitrogens with one attached hydrogen (secondary N) is 1. The van der Waals surface area contributed by atoms with Crippen molar-refractivity contribution in [2.75, 3.05) is 13.2 Å². The van der Waals surface area contributed by atoms with Crippen molar-refractivity contribution in [3.05, 3.63) is 29.8 Å². The zero-order valence-corrected chi connectivity index (χ0v) is 11.9. The molecule has 1 saturated carbocycles. The third-order valence-electron chi connectivity index (χ3n) is 3.86. The molecule has 1 aliphatic rings. The van der Waals surface area contributed by atoms with Gasteiger partial charge >= 0.3 is 0 Å². The number of para-hydroxylation sites is 1. The Balaban J connectivity index is 1.67. The normalized spacial score (nSPS) is 24.4. The zero-order valence-electron chi connectivity index (χ0n) is 11.9. The number of hydrogen-bond donors (Lipinski definition) is 2. The lowest BCUT2D eigenvalue weighted by Crippen LogP contribution is -2.36. The molecule has 19 heavy (non-hydrogen) atoms. The molecule has 3 heteroatoms. The van der Waals surface area contributed by atoms with E-state index in [-0.39, 0.29) is 0 Å². The smallest absolute Gasteiger partial charge is 0.122 e. The summed E-state index contributed by atoms with van der Waals surface area (Å²) in [6, 6.07) is 8.46. The summed E-state index contributed by atoms with van der Waals surface area (Å²) in [7, 11) is 0. The first-order valence-electron chi connectivity index (χ1n) is 7.25. The molecule has 0 spiro atoms. The zero-order chi connectivity index (χ0) is 13.7. The molecule has 0 aromatic heterocycles. The van der Waals surface area contributed by atoms with Crippen molar-refractivity contribution in [1.29, 1.82) is 0 Å². The molecule has 1 aliphatic carbocycles. The minimum absolute atomic E-state index is 0.347. The Morgan fingerprint density at radius 1 is 1.37 bits per heavy atom. The third-order valence-corrected chi connectivity index (χ3v) is 3.86. The topological polar surface area (TPSA) is 41.5 Å². The van der Waals surface area contributed by atoms with E-state index < -0.39 is 6.10 Å². The molecule has 2 N–H and O–H groups in total. The molecule has 1 fully saturated rings. The molecule has 0 radical (unpaired) electrons. The molecule has 0 bridgehead atoms. The highest BCUT2D eigenvalue weighted by Gasteiger charge is 2.21. The van der Waals surface area contributed by atoms with Crippen LogP contribution in [0.4, 0.5) is 0 Å². The van der Waals surface area contributed by atoms with Gasteiger partial charge in [0.05, 0.1) is 0 Å². The summed E-state index contributed by atoms with van der Waals surface area (Å²) in [5.74, 6) is 1.67. The highest BCUT2D eigenvalue weighted by molar-refractivity contribution is 5.31. The van der Waals surface area contributed by atoms with Gasteiger partial charge in [-0.25, -0.2) is 0 Å². The molecule has 1 aromatic rings. The second-order valence-electron chi connectivity index (χ2n) is 5.75. The van der Waals surface area contributed by atoms with E-state index in [0.29, 0.717) is 19.2 Å². The average Bonchev–Trinajstić information content (AvgIpc) is 2.81. The van der Waals surface area contributed by atoms with E-state index in [0.717, 1.165) is 17.2 Å². The number of hydrogen-bond acceptors (Lipinski definition) is 3. The van der Waals surface area contributed by atoms with Crippen LogP contribution < -0.4 is 10.1 Å². The molecule has 3 nitrogen and oxygen atoms in total. The van der Waals surface area contributed by atoms with Gasteiger partial charge in [0.1, 0.15) is 18.5 Å². The van der Waals surface area contributed by atoms with Crippen LogP contribution in [0.1, 0.15) is 31.7 Å². The van der Waals surface area contributed by atoms with Crippen molar-refractivity contribution < 1.29 is 9.84 Å². The Morgan fingerprint density at radius 2 is 2.16 bits per heavy atom. The fourth-order valence-corrected chi connectivity index (χ4v) is 2.66. The third kappa shape index (κ3) is 4.51. The summed E-state index contributed by atoms with van der Waals surface area (Å²) in [5, 5.41) is 13.4. The van der Waals surface area contributed by atoms with Gasteiger partial charge < -0.3 is 15.2 Å².